The third-order valence-corrected chi connectivity index (χ3v) is 3.20. The van der Waals surface area contributed by atoms with Gasteiger partial charge < -0.3 is 9.84 Å². The first-order chi connectivity index (χ1) is 9.77. The molecule has 112 valence electrons. The van der Waals surface area contributed by atoms with Crippen LogP contribution in [0.2, 0.25) is 0 Å². The van der Waals surface area contributed by atoms with E-state index in [0.29, 0.717) is 5.82 Å². The molecule has 9 heteroatoms. The van der Waals surface area contributed by atoms with Crippen LogP contribution in [0.25, 0.3) is 0 Å². The van der Waals surface area contributed by atoms with E-state index in [1.165, 1.54) is 6.07 Å². The van der Waals surface area contributed by atoms with Gasteiger partial charge >= 0.3 is 6.18 Å². The van der Waals surface area contributed by atoms with E-state index in [0.717, 1.165) is 12.1 Å². The van der Waals surface area contributed by atoms with Crippen LogP contribution in [0.3, 0.4) is 0 Å². The summed E-state index contributed by atoms with van der Waals surface area (Å²) in [6, 6.07) is 2.84. The van der Waals surface area contributed by atoms with E-state index >= 15 is 0 Å². The first-order valence-corrected chi connectivity index (χ1v) is 6.51. The zero-order chi connectivity index (χ0) is 15.6. The van der Waals surface area contributed by atoms with Crippen LogP contribution in [-0.4, -0.2) is 16.0 Å². The summed E-state index contributed by atoms with van der Waals surface area (Å²) in [5.74, 6) is -0.104. The van der Waals surface area contributed by atoms with Crippen molar-refractivity contribution in [3.8, 4) is 0 Å². The molecule has 0 aliphatic rings. The van der Waals surface area contributed by atoms with Crippen LogP contribution in [0.5, 0.6) is 0 Å². The number of nitrogens with one attached hydrogen (secondary N) is 1. The quantitative estimate of drug-likeness (QED) is 0.909. The SMILES string of the molecule is Cc1noc(CNC(=O)c2cc(C(F)(F)F)ccc2Br)n1. The Kier molecular flexibility index (Phi) is 4.31. The number of carbonyl (C=O) groups is 1. The number of aryl methyl sites for hydroxylation is 1. The van der Waals surface area contributed by atoms with Crippen LogP contribution in [0, 0.1) is 6.92 Å². The predicted octanol–water partition coefficient (Wildman–Crippen LogP) is 3.09. The van der Waals surface area contributed by atoms with Gasteiger partial charge in [0.1, 0.15) is 0 Å². The largest absolute Gasteiger partial charge is 0.416 e. The van der Waals surface area contributed by atoms with E-state index in [2.05, 4.69) is 31.4 Å². The van der Waals surface area contributed by atoms with Crippen LogP contribution in [0.4, 0.5) is 13.2 Å². The van der Waals surface area contributed by atoms with Gasteiger partial charge in [0.05, 0.1) is 17.7 Å². The van der Waals surface area contributed by atoms with Crippen LogP contribution >= 0.6 is 15.9 Å². The number of hydrogen-bond donors (Lipinski definition) is 1. The van der Waals surface area contributed by atoms with Crippen LogP contribution < -0.4 is 5.32 Å². The topological polar surface area (TPSA) is 68.0 Å². The highest BCUT2D eigenvalue weighted by molar-refractivity contribution is 9.10. The number of nitrogens with zero attached hydrogens (tertiary/aromatic N) is 2. The van der Waals surface area contributed by atoms with E-state index in [4.69, 9.17) is 4.52 Å². The maximum absolute atomic E-state index is 12.6. The summed E-state index contributed by atoms with van der Waals surface area (Å²) in [7, 11) is 0. The van der Waals surface area contributed by atoms with E-state index in [1.54, 1.807) is 6.92 Å². The van der Waals surface area contributed by atoms with E-state index in [9.17, 15) is 18.0 Å². The van der Waals surface area contributed by atoms with Crippen LogP contribution in [0.1, 0.15) is 27.6 Å². The van der Waals surface area contributed by atoms with Gasteiger partial charge in [-0.3, -0.25) is 4.79 Å². The lowest BCUT2D eigenvalue weighted by molar-refractivity contribution is -0.137. The lowest BCUT2D eigenvalue weighted by Gasteiger charge is -2.10. The first-order valence-electron chi connectivity index (χ1n) is 5.71. The van der Waals surface area contributed by atoms with Crippen LogP contribution in [-0.2, 0) is 12.7 Å². The van der Waals surface area contributed by atoms with Gasteiger partial charge in [0, 0.05) is 4.47 Å². The third-order valence-electron chi connectivity index (χ3n) is 2.51. The predicted molar refractivity (Wildman–Crippen MR) is 69.3 cm³/mol. The van der Waals surface area contributed by atoms with Crippen molar-refractivity contribution in [3.05, 3.63) is 45.5 Å². The Bertz CT molecular complexity index is 670. The van der Waals surface area contributed by atoms with Gasteiger partial charge in [0.15, 0.2) is 5.82 Å². The number of hydrogen-bond acceptors (Lipinski definition) is 4. The number of halogens is 4. The molecule has 1 heterocycles. The van der Waals surface area contributed by atoms with Crippen molar-refractivity contribution in [1.82, 2.24) is 15.5 Å². The number of amides is 1. The summed E-state index contributed by atoms with van der Waals surface area (Å²) in [6.07, 6.45) is -4.51. The Balaban J connectivity index is 2.15. The van der Waals surface area contributed by atoms with Gasteiger partial charge in [-0.15, -0.1) is 0 Å². The second-order valence-electron chi connectivity index (χ2n) is 4.11. The molecule has 0 fully saturated rings. The summed E-state index contributed by atoms with van der Waals surface area (Å²) in [4.78, 5) is 15.8. The fraction of sp³-hybridized carbons (Fsp3) is 0.250. The van der Waals surface area contributed by atoms with Gasteiger partial charge in [0.25, 0.3) is 5.91 Å². The second kappa shape index (κ2) is 5.84. The average Bonchev–Trinajstić information content (AvgIpc) is 2.81. The minimum absolute atomic E-state index is 0.0671. The van der Waals surface area contributed by atoms with Crippen molar-refractivity contribution < 1.29 is 22.5 Å². The fourth-order valence-electron chi connectivity index (χ4n) is 1.54. The number of carbonyl (C=O) groups excluding carboxylic acids is 1. The van der Waals surface area contributed by atoms with E-state index in [-0.39, 0.29) is 22.5 Å². The second-order valence-corrected chi connectivity index (χ2v) is 4.96. The molecule has 2 aromatic rings. The highest BCUT2D eigenvalue weighted by Gasteiger charge is 2.31. The van der Waals surface area contributed by atoms with E-state index in [1.807, 2.05) is 0 Å². The molecule has 0 aliphatic heterocycles. The summed E-state index contributed by atoms with van der Waals surface area (Å²) in [6.45, 7) is 1.54. The molecule has 0 aliphatic carbocycles. The van der Waals surface area contributed by atoms with Crippen molar-refractivity contribution in [2.45, 2.75) is 19.6 Å². The molecular weight excluding hydrogens is 355 g/mol. The number of aromatic nitrogens is 2. The molecule has 1 amide bonds. The van der Waals surface area contributed by atoms with Gasteiger partial charge in [-0.25, -0.2) is 0 Å². The molecule has 1 aromatic heterocycles. The van der Waals surface area contributed by atoms with E-state index < -0.39 is 17.6 Å². The molecule has 0 spiro atoms. The molecule has 0 radical (unpaired) electrons. The number of rotatable bonds is 3. The molecule has 0 unspecified atom stereocenters. The summed E-state index contributed by atoms with van der Waals surface area (Å²) in [5, 5.41) is 5.95. The summed E-state index contributed by atoms with van der Waals surface area (Å²) >= 11 is 3.05. The molecule has 5 nitrogen and oxygen atoms in total. The smallest absolute Gasteiger partial charge is 0.343 e. The van der Waals surface area contributed by atoms with Gasteiger partial charge in [-0.05, 0) is 41.1 Å². The minimum Gasteiger partial charge on any atom is -0.343 e. The highest BCUT2D eigenvalue weighted by atomic mass is 79.9. The molecule has 0 saturated heterocycles. The normalized spacial score (nSPS) is 11.5. The van der Waals surface area contributed by atoms with Crippen molar-refractivity contribution in [2.24, 2.45) is 0 Å². The average molecular weight is 364 g/mol. The van der Waals surface area contributed by atoms with Gasteiger partial charge in [-0.1, -0.05) is 5.16 Å². The molecule has 1 aromatic carbocycles. The molecule has 0 bridgehead atoms. The maximum Gasteiger partial charge on any atom is 0.416 e. The standard InChI is InChI=1S/C12H9BrF3N3O2/c1-6-18-10(21-19-6)5-17-11(20)8-4-7(12(14,15)16)2-3-9(8)13/h2-4H,5H2,1H3,(H,17,20). The molecule has 2 rings (SSSR count). The number of benzene rings is 1. The Morgan fingerprint density at radius 1 is 1.43 bits per heavy atom. The Morgan fingerprint density at radius 3 is 2.71 bits per heavy atom. The lowest BCUT2D eigenvalue weighted by Crippen LogP contribution is -2.24. The fourth-order valence-corrected chi connectivity index (χ4v) is 1.97. The summed E-state index contributed by atoms with van der Waals surface area (Å²) in [5.41, 5.74) is -1.02. The van der Waals surface area contributed by atoms with Gasteiger partial charge in [-0.2, -0.15) is 18.2 Å². The van der Waals surface area contributed by atoms with Crippen molar-refractivity contribution in [2.75, 3.05) is 0 Å². The Morgan fingerprint density at radius 2 is 2.14 bits per heavy atom. The van der Waals surface area contributed by atoms with Crippen molar-refractivity contribution >= 4 is 21.8 Å². The maximum atomic E-state index is 12.6. The molecule has 1 N–H and O–H groups in total. The Hall–Kier alpha value is -1.90. The number of alkyl halides is 3. The molecular formula is C12H9BrF3N3O2. The lowest BCUT2D eigenvalue weighted by atomic mass is 10.1. The van der Waals surface area contributed by atoms with Crippen molar-refractivity contribution in [1.29, 1.82) is 0 Å². The Labute approximate surface area is 125 Å². The molecule has 0 atom stereocenters. The van der Waals surface area contributed by atoms with Crippen LogP contribution in [0.15, 0.2) is 27.2 Å². The molecule has 0 saturated carbocycles. The third kappa shape index (κ3) is 3.81. The monoisotopic (exact) mass is 363 g/mol. The zero-order valence-electron chi connectivity index (χ0n) is 10.7. The highest BCUT2D eigenvalue weighted by Crippen LogP contribution is 2.31. The summed E-state index contributed by atoms with van der Waals surface area (Å²) < 4.78 is 43.0. The molecule has 21 heavy (non-hydrogen) atoms. The van der Waals surface area contributed by atoms with Gasteiger partial charge in [0.2, 0.25) is 5.89 Å². The minimum atomic E-state index is -4.51. The van der Waals surface area contributed by atoms with Crippen molar-refractivity contribution in [3.63, 3.8) is 0 Å². The first kappa shape index (κ1) is 15.5. The zero-order valence-corrected chi connectivity index (χ0v) is 12.2.